The molecule has 0 saturated heterocycles. The third kappa shape index (κ3) is 3.97. The van der Waals surface area contributed by atoms with E-state index in [0.29, 0.717) is 9.09 Å². The summed E-state index contributed by atoms with van der Waals surface area (Å²) in [7, 11) is 0. The highest BCUT2D eigenvalue weighted by Crippen LogP contribution is 2.39. The van der Waals surface area contributed by atoms with Crippen molar-refractivity contribution in [2.45, 2.75) is 24.2 Å². The standard InChI is InChI=1S/C10H13NO5S2/c1-3-16-9(13)5-17-10-7(11(14)15)4-8(18-10)6(2)12/h4,6,12H,3,5H2,1-2H3. The molecule has 1 rings (SSSR count). The topological polar surface area (TPSA) is 89.7 Å². The van der Waals surface area contributed by atoms with Crippen LogP contribution in [0.3, 0.4) is 0 Å². The molecule has 1 heterocycles. The van der Waals surface area contributed by atoms with Crippen LogP contribution in [0.1, 0.15) is 24.8 Å². The average molecular weight is 291 g/mol. The average Bonchev–Trinajstić information content (AvgIpc) is 2.71. The summed E-state index contributed by atoms with van der Waals surface area (Å²) in [5.74, 6) is -0.391. The third-order valence-corrected chi connectivity index (χ3v) is 4.48. The van der Waals surface area contributed by atoms with Gasteiger partial charge >= 0.3 is 5.97 Å². The number of ether oxygens (including phenoxy) is 1. The molecule has 1 atom stereocenters. The Morgan fingerprint density at radius 3 is 2.89 bits per heavy atom. The number of hydrogen-bond acceptors (Lipinski definition) is 7. The second-order valence-corrected chi connectivity index (χ2v) is 5.68. The molecule has 1 aromatic heterocycles. The number of nitro groups is 1. The maximum Gasteiger partial charge on any atom is 0.316 e. The molecule has 18 heavy (non-hydrogen) atoms. The van der Waals surface area contributed by atoms with Gasteiger partial charge in [-0.15, -0.1) is 11.3 Å². The number of carbonyl (C=O) groups excluding carboxylic acids is 1. The minimum Gasteiger partial charge on any atom is -0.465 e. The molecule has 100 valence electrons. The van der Waals surface area contributed by atoms with E-state index in [9.17, 15) is 20.0 Å². The van der Waals surface area contributed by atoms with Gasteiger partial charge < -0.3 is 9.84 Å². The molecule has 0 saturated carbocycles. The van der Waals surface area contributed by atoms with Gasteiger partial charge in [0.15, 0.2) is 0 Å². The van der Waals surface area contributed by atoms with E-state index in [2.05, 4.69) is 0 Å². The number of aliphatic hydroxyl groups is 1. The molecule has 6 nitrogen and oxygen atoms in total. The quantitative estimate of drug-likeness (QED) is 0.374. The maximum absolute atomic E-state index is 11.2. The van der Waals surface area contributed by atoms with Crippen molar-refractivity contribution in [1.82, 2.24) is 0 Å². The normalized spacial score (nSPS) is 12.2. The summed E-state index contributed by atoms with van der Waals surface area (Å²) in [5, 5.41) is 20.2. The number of nitrogens with zero attached hydrogens (tertiary/aromatic N) is 1. The molecule has 0 aliphatic rings. The van der Waals surface area contributed by atoms with Crippen LogP contribution in [0.2, 0.25) is 0 Å². The minimum atomic E-state index is -0.759. The Morgan fingerprint density at radius 2 is 2.39 bits per heavy atom. The molecule has 0 aliphatic carbocycles. The molecular weight excluding hydrogens is 278 g/mol. The smallest absolute Gasteiger partial charge is 0.316 e. The van der Waals surface area contributed by atoms with Crippen molar-refractivity contribution in [2.24, 2.45) is 0 Å². The highest BCUT2D eigenvalue weighted by molar-refractivity contribution is 8.01. The van der Waals surface area contributed by atoms with Gasteiger partial charge in [0.1, 0.15) is 4.21 Å². The van der Waals surface area contributed by atoms with Crippen molar-refractivity contribution in [3.8, 4) is 0 Å². The Morgan fingerprint density at radius 1 is 1.72 bits per heavy atom. The Hall–Kier alpha value is -1.12. The van der Waals surface area contributed by atoms with Crippen LogP contribution in [0, 0.1) is 10.1 Å². The Balaban J connectivity index is 2.80. The highest BCUT2D eigenvalue weighted by Gasteiger charge is 2.22. The van der Waals surface area contributed by atoms with Gasteiger partial charge in [-0.25, -0.2) is 0 Å². The molecule has 0 fully saturated rings. The number of esters is 1. The summed E-state index contributed by atoms with van der Waals surface area (Å²) in [6, 6.07) is 1.34. The number of thiophene rings is 1. The maximum atomic E-state index is 11.2. The van der Waals surface area contributed by atoms with Gasteiger partial charge in [0, 0.05) is 10.9 Å². The molecule has 1 unspecified atom stereocenters. The Labute approximate surface area is 112 Å². The predicted octanol–water partition coefficient (Wildman–Crippen LogP) is 2.36. The molecule has 1 aromatic rings. The highest BCUT2D eigenvalue weighted by atomic mass is 32.2. The third-order valence-electron chi connectivity index (χ3n) is 1.93. The van der Waals surface area contributed by atoms with E-state index in [-0.39, 0.29) is 18.0 Å². The second-order valence-electron chi connectivity index (χ2n) is 3.35. The lowest BCUT2D eigenvalue weighted by Gasteiger charge is -2.00. The minimum absolute atomic E-state index is 0.0223. The summed E-state index contributed by atoms with van der Waals surface area (Å²) in [5.41, 5.74) is -0.0785. The second kappa shape index (κ2) is 6.72. The summed E-state index contributed by atoms with van der Waals surface area (Å²) >= 11 is 2.17. The monoisotopic (exact) mass is 291 g/mol. The van der Waals surface area contributed by atoms with E-state index in [1.165, 1.54) is 13.0 Å². The number of aliphatic hydroxyl groups excluding tert-OH is 1. The molecule has 0 aromatic carbocycles. The van der Waals surface area contributed by atoms with Crippen LogP contribution in [0.15, 0.2) is 10.3 Å². The van der Waals surface area contributed by atoms with Crippen LogP contribution in [0.5, 0.6) is 0 Å². The fourth-order valence-corrected chi connectivity index (χ4v) is 3.25. The van der Waals surface area contributed by atoms with Crippen LogP contribution in [-0.4, -0.2) is 28.4 Å². The molecule has 0 spiro atoms. The van der Waals surface area contributed by atoms with Crippen molar-refractivity contribution in [2.75, 3.05) is 12.4 Å². The summed E-state index contributed by atoms with van der Waals surface area (Å²) in [4.78, 5) is 22.0. The van der Waals surface area contributed by atoms with Gasteiger partial charge in [-0.3, -0.25) is 14.9 Å². The van der Waals surface area contributed by atoms with Crippen molar-refractivity contribution in [1.29, 1.82) is 0 Å². The summed E-state index contributed by atoms with van der Waals surface area (Å²) in [6.45, 7) is 3.52. The number of rotatable bonds is 6. The molecular formula is C10H13NO5S2. The Bertz CT molecular complexity index is 443. The molecule has 0 bridgehead atoms. The van der Waals surface area contributed by atoms with E-state index < -0.39 is 17.0 Å². The van der Waals surface area contributed by atoms with Gasteiger partial charge in [0.2, 0.25) is 0 Å². The number of thioether (sulfide) groups is 1. The number of hydrogen-bond donors (Lipinski definition) is 1. The fraction of sp³-hybridized carbons (Fsp3) is 0.500. The molecule has 0 amide bonds. The molecule has 1 N–H and O–H groups in total. The zero-order chi connectivity index (χ0) is 13.7. The van der Waals surface area contributed by atoms with Crippen LogP contribution < -0.4 is 0 Å². The van der Waals surface area contributed by atoms with Crippen LogP contribution >= 0.6 is 23.1 Å². The van der Waals surface area contributed by atoms with Crippen molar-refractivity contribution in [3.05, 3.63) is 21.1 Å². The van der Waals surface area contributed by atoms with Crippen LogP contribution in [0.25, 0.3) is 0 Å². The van der Waals surface area contributed by atoms with E-state index in [1.807, 2.05) is 0 Å². The van der Waals surface area contributed by atoms with Gasteiger partial charge in [-0.2, -0.15) is 0 Å². The summed E-state index contributed by atoms with van der Waals surface area (Å²) in [6.07, 6.45) is -0.759. The van der Waals surface area contributed by atoms with Gasteiger partial charge in [0.25, 0.3) is 5.69 Å². The van der Waals surface area contributed by atoms with Gasteiger partial charge in [-0.05, 0) is 13.8 Å². The first kappa shape index (κ1) is 14.9. The van der Waals surface area contributed by atoms with Gasteiger partial charge in [0.05, 0.1) is 23.4 Å². The van der Waals surface area contributed by atoms with Gasteiger partial charge in [-0.1, -0.05) is 11.8 Å². The first-order valence-corrected chi connectivity index (χ1v) is 7.00. The largest absolute Gasteiger partial charge is 0.465 e. The van der Waals surface area contributed by atoms with E-state index in [1.54, 1.807) is 6.92 Å². The zero-order valence-corrected chi connectivity index (χ0v) is 11.5. The predicted molar refractivity (Wildman–Crippen MR) is 69.0 cm³/mol. The first-order valence-electron chi connectivity index (χ1n) is 5.20. The van der Waals surface area contributed by atoms with Crippen LogP contribution in [0.4, 0.5) is 5.69 Å². The van der Waals surface area contributed by atoms with E-state index in [0.717, 1.165) is 23.1 Å². The van der Waals surface area contributed by atoms with Crippen LogP contribution in [-0.2, 0) is 9.53 Å². The Kier molecular flexibility index (Phi) is 5.57. The van der Waals surface area contributed by atoms with Crippen molar-refractivity contribution < 1.29 is 19.6 Å². The van der Waals surface area contributed by atoms with Crippen molar-refractivity contribution in [3.63, 3.8) is 0 Å². The molecule has 0 radical (unpaired) electrons. The van der Waals surface area contributed by atoms with E-state index in [4.69, 9.17) is 4.74 Å². The molecule has 8 heteroatoms. The fourth-order valence-electron chi connectivity index (χ4n) is 1.15. The number of carbonyl (C=O) groups is 1. The molecule has 0 aliphatic heterocycles. The summed E-state index contributed by atoms with van der Waals surface area (Å²) < 4.78 is 5.15. The van der Waals surface area contributed by atoms with Crippen molar-refractivity contribution >= 4 is 34.8 Å². The zero-order valence-electron chi connectivity index (χ0n) is 9.91. The van der Waals surface area contributed by atoms with E-state index >= 15 is 0 Å². The SMILES string of the molecule is CCOC(=O)CSc1sc(C(C)O)cc1[N+](=O)[O-]. The lowest BCUT2D eigenvalue weighted by atomic mass is 10.3. The first-order chi connectivity index (χ1) is 8.45. The lowest BCUT2D eigenvalue weighted by molar-refractivity contribution is -0.387. The lowest BCUT2D eigenvalue weighted by Crippen LogP contribution is -2.06.